The fourth-order valence-electron chi connectivity index (χ4n) is 2.30. The molecule has 0 heterocycles. The third-order valence-electron chi connectivity index (χ3n) is 3.32. The summed E-state index contributed by atoms with van der Waals surface area (Å²) in [5.74, 6) is 3.34. The third-order valence-corrected chi connectivity index (χ3v) is 3.32. The molecule has 0 saturated heterocycles. The van der Waals surface area contributed by atoms with Gasteiger partial charge in [0, 0.05) is 11.6 Å². The zero-order valence-electron chi connectivity index (χ0n) is 8.95. The minimum atomic E-state index is 0.422. The van der Waals surface area contributed by atoms with Gasteiger partial charge in [0.1, 0.15) is 0 Å². The molecule has 78 valence electrons. The second-order valence-corrected chi connectivity index (χ2v) is 4.38. The molecule has 0 unspecified atom stereocenters. The Morgan fingerprint density at radius 3 is 2.20 bits per heavy atom. The maximum Gasteiger partial charge on any atom is 0.0242 e. The molecule has 1 heteroatoms. The number of hydrogen-bond acceptors (Lipinski definition) is 1. The van der Waals surface area contributed by atoms with E-state index in [-0.39, 0.29) is 0 Å². The van der Waals surface area contributed by atoms with Gasteiger partial charge in [-0.3, -0.25) is 0 Å². The Labute approximate surface area is 91.7 Å². The summed E-state index contributed by atoms with van der Waals surface area (Å²) in [5, 5.41) is 0. The number of nitrogens with two attached hydrogens (primary N) is 1. The summed E-state index contributed by atoms with van der Waals surface area (Å²) in [6, 6.07) is 8.81. The number of hydrogen-bond donors (Lipinski definition) is 1. The topological polar surface area (TPSA) is 26.0 Å². The molecule has 0 bridgehead atoms. The van der Waals surface area contributed by atoms with Crippen LogP contribution in [0.5, 0.6) is 0 Å². The Bertz CT molecular complexity index is 350. The van der Waals surface area contributed by atoms with Crippen molar-refractivity contribution in [1.29, 1.82) is 0 Å². The Morgan fingerprint density at radius 1 is 1.07 bits per heavy atom. The first-order valence-corrected chi connectivity index (χ1v) is 5.62. The van der Waals surface area contributed by atoms with Crippen molar-refractivity contribution in [3.05, 3.63) is 35.4 Å². The predicted molar refractivity (Wildman–Crippen MR) is 63.6 cm³/mol. The lowest BCUT2D eigenvalue weighted by Gasteiger charge is -2.26. The summed E-state index contributed by atoms with van der Waals surface area (Å²) >= 11 is 0. The molecule has 0 radical (unpaired) electrons. The van der Waals surface area contributed by atoms with Crippen LogP contribution in [-0.2, 0) is 0 Å². The highest BCUT2D eigenvalue weighted by Gasteiger charge is 2.19. The van der Waals surface area contributed by atoms with E-state index in [1.165, 1.54) is 18.4 Å². The summed E-state index contributed by atoms with van der Waals surface area (Å²) < 4.78 is 0. The normalized spacial score (nSPS) is 25.9. The van der Waals surface area contributed by atoms with Gasteiger partial charge in [-0.2, -0.15) is 0 Å². The molecule has 1 saturated carbocycles. The summed E-state index contributed by atoms with van der Waals surface area (Å²) in [6.45, 7) is 0. The Hall–Kier alpha value is -1.26. The van der Waals surface area contributed by atoms with Crippen molar-refractivity contribution in [2.45, 2.75) is 37.6 Å². The van der Waals surface area contributed by atoms with E-state index in [4.69, 9.17) is 12.2 Å². The zero-order valence-corrected chi connectivity index (χ0v) is 8.95. The molecule has 0 aliphatic heterocycles. The standard InChI is InChI=1S/C14H17N/c1-2-11-3-5-12(6-4-11)13-7-9-14(15)10-8-13/h1,3-6,13-14H,7-10,15H2. The van der Waals surface area contributed by atoms with Crippen molar-refractivity contribution in [2.24, 2.45) is 5.73 Å². The Balaban J connectivity index is 2.07. The average molecular weight is 199 g/mol. The van der Waals surface area contributed by atoms with Crippen LogP contribution < -0.4 is 5.73 Å². The molecule has 15 heavy (non-hydrogen) atoms. The van der Waals surface area contributed by atoms with E-state index in [0.717, 1.165) is 18.4 Å². The molecule has 0 atom stereocenters. The Morgan fingerprint density at radius 2 is 1.67 bits per heavy atom. The largest absolute Gasteiger partial charge is 0.328 e. The second-order valence-electron chi connectivity index (χ2n) is 4.38. The quantitative estimate of drug-likeness (QED) is 0.691. The maximum absolute atomic E-state index is 5.89. The van der Waals surface area contributed by atoms with Crippen LogP contribution in [0, 0.1) is 12.3 Å². The highest BCUT2D eigenvalue weighted by atomic mass is 14.6. The van der Waals surface area contributed by atoms with E-state index in [1.54, 1.807) is 0 Å². The van der Waals surface area contributed by atoms with Crippen LogP contribution >= 0.6 is 0 Å². The fraction of sp³-hybridized carbons (Fsp3) is 0.429. The van der Waals surface area contributed by atoms with Gasteiger partial charge in [0.05, 0.1) is 0 Å². The summed E-state index contributed by atoms with van der Waals surface area (Å²) in [5.41, 5.74) is 8.28. The van der Waals surface area contributed by atoms with Gasteiger partial charge in [-0.05, 0) is 49.3 Å². The molecule has 2 rings (SSSR count). The predicted octanol–water partition coefficient (Wildman–Crippen LogP) is 2.65. The fourth-order valence-corrected chi connectivity index (χ4v) is 2.30. The van der Waals surface area contributed by atoms with Crippen molar-refractivity contribution in [3.8, 4) is 12.3 Å². The van der Waals surface area contributed by atoms with Crippen LogP contribution in [-0.4, -0.2) is 6.04 Å². The van der Waals surface area contributed by atoms with E-state index in [2.05, 4.69) is 18.1 Å². The zero-order chi connectivity index (χ0) is 10.7. The molecule has 0 aromatic heterocycles. The maximum atomic E-state index is 5.89. The lowest BCUT2D eigenvalue weighted by molar-refractivity contribution is 0.395. The highest BCUT2D eigenvalue weighted by Crippen LogP contribution is 2.32. The van der Waals surface area contributed by atoms with Crippen LogP contribution in [0.25, 0.3) is 0 Å². The minimum Gasteiger partial charge on any atom is -0.328 e. The van der Waals surface area contributed by atoms with Crippen molar-refractivity contribution in [2.75, 3.05) is 0 Å². The SMILES string of the molecule is C#Cc1ccc(C2CCC(N)CC2)cc1. The van der Waals surface area contributed by atoms with Gasteiger partial charge in [-0.15, -0.1) is 6.42 Å². The van der Waals surface area contributed by atoms with Crippen molar-refractivity contribution in [3.63, 3.8) is 0 Å². The highest BCUT2D eigenvalue weighted by molar-refractivity contribution is 5.35. The van der Waals surface area contributed by atoms with Crippen molar-refractivity contribution >= 4 is 0 Å². The van der Waals surface area contributed by atoms with E-state index in [0.29, 0.717) is 12.0 Å². The van der Waals surface area contributed by atoms with Crippen molar-refractivity contribution in [1.82, 2.24) is 0 Å². The lowest BCUT2D eigenvalue weighted by Crippen LogP contribution is -2.25. The van der Waals surface area contributed by atoms with E-state index in [1.807, 2.05) is 12.1 Å². The third kappa shape index (κ3) is 2.40. The van der Waals surface area contributed by atoms with Crippen LogP contribution in [0.15, 0.2) is 24.3 Å². The number of benzene rings is 1. The Kier molecular flexibility index (Phi) is 3.08. The minimum absolute atomic E-state index is 0.422. The van der Waals surface area contributed by atoms with Gasteiger partial charge in [0.2, 0.25) is 0 Å². The van der Waals surface area contributed by atoms with Crippen LogP contribution in [0.1, 0.15) is 42.7 Å². The van der Waals surface area contributed by atoms with Gasteiger partial charge >= 0.3 is 0 Å². The molecule has 1 aromatic carbocycles. The molecule has 1 aromatic rings. The summed E-state index contributed by atoms with van der Waals surface area (Å²) in [6.07, 6.45) is 10.1. The van der Waals surface area contributed by atoms with Gasteiger partial charge in [-0.1, -0.05) is 18.1 Å². The first-order valence-electron chi connectivity index (χ1n) is 5.62. The average Bonchev–Trinajstić information content (AvgIpc) is 2.30. The van der Waals surface area contributed by atoms with Gasteiger partial charge < -0.3 is 5.73 Å². The first-order chi connectivity index (χ1) is 7.29. The molecule has 1 aliphatic rings. The van der Waals surface area contributed by atoms with E-state index < -0.39 is 0 Å². The lowest BCUT2D eigenvalue weighted by atomic mass is 9.82. The molecule has 1 nitrogen and oxygen atoms in total. The van der Waals surface area contributed by atoms with E-state index >= 15 is 0 Å². The van der Waals surface area contributed by atoms with Crippen LogP contribution in [0.2, 0.25) is 0 Å². The second kappa shape index (κ2) is 4.51. The summed E-state index contributed by atoms with van der Waals surface area (Å²) in [4.78, 5) is 0. The van der Waals surface area contributed by atoms with Gasteiger partial charge in [0.15, 0.2) is 0 Å². The first kappa shape index (κ1) is 10.3. The molecular weight excluding hydrogens is 182 g/mol. The van der Waals surface area contributed by atoms with Gasteiger partial charge in [0.25, 0.3) is 0 Å². The molecule has 1 aliphatic carbocycles. The van der Waals surface area contributed by atoms with Crippen LogP contribution in [0.4, 0.5) is 0 Å². The van der Waals surface area contributed by atoms with Gasteiger partial charge in [-0.25, -0.2) is 0 Å². The van der Waals surface area contributed by atoms with E-state index in [9.17, 15) is 0 Å². The smallest absolute Gasteiger partial charge is 0.0242 e. The number of terminal acetylenes is 1. The molecule has 0 spiro atoms. The molecule has 1 fully saturated rings. The monoisotopic (exact) mass is 199 g/mol. The molecular formula is C14H17N. The number of rotatable bonds is 1. The molecule has 0 amide bonds. The molecule has 2 N–H and O–H groups in total. The van der Waals surface area contributed by atoms with Crippen molar-refractivity contribution < 1.29 is 0 Å². The van der Waals surface area contributed by atoms with Crippen LogP contribution in [0.3, 0.4) is 0 Å². The summed E-state index contributed by atoms with van der Waals surface area (Å²) in [7, 11) is 0.